The molecular weight excluding hydrogens is 254 g/mol. The summed E-state index contributed by atoms with van der Waals surface area (Å²) in [5.74, 6) is 0.729. The molecule has 3 N–H and O–H groups in total. The molecule has 1 aromatic carbocycles. The second kappa shape index (κ2) is 6.54. The lowest BCUT2D eigenvalue weighted by Gasteiger charge is -2.15. The molecule has 0 radical (unpaired) electrons. The summed E-state index contributed by atoms with van der Waals surface area (Å²) < 4.78 is 7.57. The zero-order valence-corrected chi connectivity index (χ0v) is 11.9. The van der Waals surface area contributed by atoms with Crippen LogP contribution in [0.5, 0.6) is 5.75 Å². The summed E-state index contributed by atoms with van der Waals surface area (Å²) in [5.41, 5.74) is 8.63. The van der Waals surface area contributed by atoms with Gasteiger partial charge in [0.2, 0.25) is 0 Å². The Morgan fingerprint density at radius 2 is 2.10 bits per heavy atom. The van der Waals surface area contributed by atoms with Gasteiger partial charge in [-0.3, -0.25) is 0 Å². The number of aromatic nitrogens is 2. The average molecular weight is 275 g/mol. The van der Waals surface area contributed by atoms with E-state index in [1.807, 2.05) is 42.7 Å². The fourth-order valence-corrected chi connectivity index (χ4v) is 2.01. The molecule has 0 amide bonds. The molecule has 0 saturated heterocycles. The molecule has 2 aromatic rings. The molecule has 20 heavy (non-hydrogen) atoms. The van der Waals surface area contributed by atoms with Gasteiger partial charge in [-0.25, -0.2) is 4.98 Å². The van der Waals surface area contributed by atoms with Crippen molar-refractivity contribution in [3.63, 3.8) is 0 Å². The van der Waals surface area contributed by atoms with Gasteiger partial charge in [-0.15, -0.1) is 0 Å². The van der Waals surface area contributed by atoms with Crippen LogP contribution in [0.25, 0.3) is 0 Å². The smallest absolute Gasteiger partial charge is 0.123 e. The Labute approximate surface area is 119 Å². The van der Waals surface area contributed by atoms with E-state index in [9.17, 15) is 5.11 Å². The van der Waals surface area contributed by atoms with Crippen LogP contribution in [0.3, 0.4) is 0 Å². The second-order valence-electron chi connectivity index (χ2n) is 4.84. The van der Waals surface area contributed by atoms with Crippen molar-refractivity contribution < 1.29 is 9.84 Å². The van der Waals surface area contributed by atoms with E-state index in [4.69, 9.17) is 10.5 Å². The molecule has 1 unspecified atom stereocenters. The van der Waals surface area contributed by atoms with E-state index in [1.165, 1.54) is 0 Å². The first-order valence-electron chi connectivity index (χ1n) is 6.69. The summed E-state index contributed by atoms with van der Waals surface area (Å²) >= 11 is 0. The molecule has 0 saturated carbocycles. The Hall–Kier alpha value is -1.85. The minimum atomic E-state index is -0.590. The molecule has 0 aliphatic carbocycles. The average Bonchev–Trinajstić information content (AvgIpc) is 2.77. The number of nitrogens with zero attached hydrogens (tertiary/aromatic N) is 2. The molecule has 2 rings (SSSR count). The van der Waals surface area contributed by atoms with Crippen LogP contribution in [0.4, 0.5) is 0 Å². The van der Waals surface area contributed by atoms with Crippen LogP contribution in [0, 0.1) is 13.8 Å². The lowest BCUT2D eigenvalue weighted by molar-refractivity contribution is 0.0915. The maximum absolute atomic E-state index is 10.1. The molecule has 5 heteroatoms. The molecule has 108 valence electrons. The van der Waals surface area contributed by atoms with Crippen molar-refractivity contribution in [3.05, 3.63) is 47.5 Å². The third-order valence-corrected chi connectivity index (χ3v) is 3.38. The predicted molar refractivity (Wildman–Crippen MR) is 77.5 cm³/mol. The van der Waals surface area contributed by atoms with Crippen molar-refractivity contribution in [1.82, 2.24) is 9.55 Å². The summed E-state index contributed by atoms with van der Waals surface area (Å²) in [6.07, 6.45) is 1.15. The van der Waals surface area contributed by atoms with E-state index in [2.05, 4.69) is 4.98 Å². The summed E-state index contributed by atoms with van der Waals surface area (Å²) in [6, 6.07) is 7.60. The number of aliphatic hydroxyl groups excluding tert-OH is 1. The van der Waals surface area contributed by atoms with Crippen molar-refractivity contribution >= 4 is 0 Å². The van der Waals surface area contributed by atoms with E-state index in [0.717, 1.165) is 22.7 Å². The van der Waals surface area contributed by atoms with Crippen LogP contribution in [0.1, 0.15) is 17.0 Å². The van der Waals surface area contributed by atoms with Crippen molar-refractivity contribution in [2.75, 3.05) is 6.61 Å². The van der Waals surface area contributed by atoms with Crippen LogP contribution >= 0.6 is 0 Å². The summed E-state index contributed by atoms with van der Waals surface area (Å²) in [4.78, 5) is 4.21. The third-order valence-electron chi connectivity index (χ3n) is 3.38. The van der Waals surface area contributed by atoms with E-state index < -0.39 is 6.10 Å². The lowest BCUT2D eigenvalue weighted by Crippen LogP contribution is -2.24. The fourth-order valence-electron chi connectivity index (χ4n) is 2.01. The Balaban J connectivity index is 1.92. The van der Waals surface area contributed by atoms with Crippen LogP contribution < -0.4 is 10.5 Å². The van der Waals surface area contributed by atoms with Gasteiger partial charge in [0.05, 0.1) is 18.6 Å². The number of nitrogens with two attached hydrogens (primary N) is 1. The minimum Gasteiger partial charge on any atom is -0.490 e. The maximum atomic E-state index is 10.1. The number of hydrogen-bond donors (Lipinski definition) is 2. The summed E-state index contributed by atoms with van der Waals surface area (Å²) in [5, 5.41) is 10.1. The highest BCUT2D eigenvalue weighted by atomic mass is 16.5. The van der Waals surface area contributed by atoms with Crippen molar-refractivity contribution in [2.45, 2.75) is 33.0 Å². The Kier molecular flexibility index (Phi) is 4.76. The molecule has 0 aliphatic heterocycles. The molecule has 1 aromatic heterocycles. The number of para-hydroxylation sites is 1. The van der Waals surface area contributed by atoms with Gasteiger partial charge in [0.15, 0.2) is 0 Å². The summed E-state index contributed by atoms with van der Waals surface area (Å²) in [7, 11) is 0. The van der Waals surface area contributed by atoms with E-state index >= 15 is 0 Å². The van der Waals surface area contributed by atoms with Gasteiger partial charge >= 0.3 is 0 Å². The Morgan fingerprint density at radius 1 is 1.35 bits per heavy atom. The molecule has 1 heterocycles. The topological polar surface area (TPSA) is 73.3 Å². The molecular formula is C15H21N3O2. The quantitative estimate of drug-likeness (QED) is 0.835. The first-order chi connectivity index (χ1) is 9.61. The number of benzene rings is 1. The fraction of sp³-hybridized carbons (Fsp3) is 0.400. The molecule has 0 fully saturated rings. The minimum absolute atomic E-state index is 0.230. The maximum Gasteiger partial charge on any atom is 0.123 e. The Morgan fingerprint density at radius 3 is 2.75 bits per heavy atom. The first kappa shape index (κ1) is 14.6. The van der Waals surface area contributed by atoms with Gasteiger partial charge in [-0.05, 0) is 19.9 Å². The number of aliphatic hydroxyl groups is 1. The standard InChI is InChI=1S/C15H21N3O2/c1-11-12(2)18(10-17-11)8-14(19)9-20-15-6-4-3-5-13(15)7-16/h3-6,10,14,19H,7-9,16H2,1-2H3. The van der Waals surface area contributed by atoms with Crippen molar-refractivity contribution in [3.8, 4) is 5.75 Å². The molecule has 5 nitrogen and oxygen atoms in total. The largest absolute Gasteiger partial charge is 0.490 e. The van der Waals surface area contributed by atoms with Gasteiger partial charge in [0.1, 0.15) is 18.5 Å². The zero-order chi connectivity index (χ0) is 14.5. The van der Waals surface area contributed by atoms with Gasteiger partial charge in [-0.1, -0.05) is 18.2 Å². The highest BCUT2D eigenvalue weighted by molar-refractivity contribution is 5.32. The van der Waals surface area contributed by atoms with Crippen LogP contribution in [-0.4, -0.2) is 27.4 Å². The molecule has 0 aliphatic rings. The Bertz CT molecular complexity index is 566. The predicted octanol–water partition coefficient (Wildman–Crippen LogP) is 1.40. The van der Waals surface area contributed by atoms with Crippen LogP contribution in [0.2, 0.25) is 0 Å². The first-order valence-corrected chi connectivity index (χ1v) is 6.69. The molecule has 1 atom stereocenters. The lowest BCUT2D eigenvalue weighted by atomic mass is 10.2. The van der Waals surface area contributed by atoms with Gasteiger partial charge in [0.25, 0.3) is 0 Å². The number of ether oxygens (including phenoxy) is 1. The van der Waals surface area contributed by atoms with E-state index in [0.29, 0.717) is 13.1 Å². The van der Waals surface area contributed by atoms with Crippen LogP contribution in [0.15, 0.2) is 30.6 Å². The highest BCUT2D eigenvalue weighted by Crippen LogP contribution is 2.17. The van der Waals surface area contributed by atoms with Crippen molar-refractivity contribution in [2.24, 2.45) is 5.73 Å². The number of hydrogen-bond acceptors (Lipinski definition) is 4. The van der Waals surface area contributed by atoms with Gasteiger partial charge < -0.3 is 20.1 Å². The van der Waals surface area contributed by atoms with Gasteiger partial charge in [-0.2, -0.15) is 0 Å². The number of rotatable bonds is 6. The normalized spacial score (nSPS) is 12.4. The van der Waals surface area contributed by atoms with Crippen LogP contribution in [-0.2, 0) is 13.1 Å². The van der Waals surface area contributed by atoms with Crippen molar-refractivity contribution in [1.29, 1.82) is 0 Å². The molecule has 0 spiro atoms. The van der Waals surface area contributed by atoms with E-state index in [1.54, 1.807) is 6.33 Å². The zero-order valence-electron chi connectivity index (χ0n) is 11.9. The number of imidazole rings is 1. The summed E-state index contributed by atoms with van der Waals surface area (Å²) in [6.45, 7) is 5.06. The number of aryl methyl sites for hydroxylation is 1. The SMILES string of the molecule is Cc1ncn(CC(O)COc2ccccc2CN)c1C. The molecule has 0 bridgehead atoms. The third kappa shape index (κ3) is 3.37. The second-order valence-corrected chi connectivity index (χ2v) is 4.84. The van der Waals surface area contributed by atoms with E-state index in [-0.39, 0.29) is 6.61 Å². The highest BCUT2D eigenvalue weighted by Gasteiger charge is 2.10. The van der Waals surface area contributed by atoms with Gasteiger partial charge in [0, 0.05) is 17.8 Å². The monoisotopic (exact) mass is 275 g/mol.